The lowest BCUT2D eigenvalue weighted by atomic mass is 9.98. The predicted octanol–water partition coefficient (Wildman–Crippen LogP) is 3.31. The molecule has 1 aliphatic carbocycles. The quantitative estimate of drug-likeness (QED) is 0.481. The molecule has 170 valence electrons. The minimum atomic E-state index is -1.13. The van der Waals surface area contributed by atoms with Gasteiger partial charge in [0.15, 0.2) is 11.5 Å². The molecule has 0 radical (unpaired) electrons. The van der Waals surface area contributed by atoms with Crippen molar-refractivity contribution in [1.29, 1.82) is 0 Å². The number of fused-ring (bicyclic) bond motifs is 3. The van der Waals surface area contributed by atoms with E-state index in [1.165, 1.54) is 6.07 Å². The minimum absolute atomic E-state index is 0.0346. The highest BCUT2D eigenvalue weighted by Crippen LogP contribution is 2.44. The number of carboxylic acids is 1. The minimum Gasteiger partial charge on any atom is -0.480 e. The fourth-order valence-corrected chi connectivity index (χ4v) is 3.88. The zero-order chi connectivity index (χ0) is 23.4. The lowest BCUT2D eigenvalue weighted by molar-refractivity contribution is -0.139. The molecule has 0 aliphatic heterocycles. The van der Waals surface area contributed by atoms with Crippen LogP contribution in [0.4, 0.5) is 4.79 Å². The average Bonchev–Trinajstić information content (AvgIpc) is 3.42. The van der Waals surface area contributed by atoms with Crippen molar-refractivity contribution in [2.75, 3.05) is 6.61 Å². The Labute approximate surface area is 189 Å². The molecule has 1 aliphatic rings. The van der Waals surface area contributed by atoms with Crippen LogP contribution >= 0.6 is 0 Å². The van der Waals surface area contributed by atoms with Crippen molar-refractivity contribution in [3.8, 4) is 11.1 Å². The third-order valence-corrected chi connectivity index (χ3v) is 5.55. The fourth-order valence-electron chi connectivity index (χ4n) is 3.88. The molecule has 3 aromatic rings. The second kappa shape index (κ2) is 9.56. The van der Waals surface area contributed by atoms with E-state index in [9.17, 15) is 14.4 Å². The number of hydrogen-bond donors (Lipinski definition) is 3. The first-order valence-corrected chi connectivity index (χ1v) is 10.6. The van der Waals surface area contributed by atoms with E-state index in [0.717, 1.165) is 22.3 Å². The van der Waals surface area contributed by atoms with Gasteiger partial charge < -0.3 is 25.0 Å². The van der Waals surface area contributed by atoms with Crippen LogP contribution in [-0.4, -0.2) is 40.9 Å². The van der Waals surface area contributed by atoms with Gasteiger partial charge in [-0.1, -0.05) is 60.6 Å². The van der Waals surface area contributed by atoms with Crippen molar-refractivity contribution >= 4 is 18.0 Å². The molecule has 33 heavy (non-hydrogen) atoms. The summed E-state index contributed by atoms with van der Waals surface area (Å²) in [6.45, 7) is 1.79. The fraction of sp³-hybridized carbons (Fsp3) is 0.250. The van der Waals surface area contributed by atoms with Crippen molar-refractivity contribution in [3.05, 3.63) is 77.2 Å². The van der Waals surface area contributed by atoms with Crippen LogP contribution in [0.15, 0.2) is 59.1 Å². The summed E-state index contributed by atoms with van der Waals surface area (Å²) in [6, 6.07) is 16.4. The second-order valence-corrected chi connectivity index (χ2v) is 7.63. The number of nitrogens with one attached hydrogen (secondary N) is 2. The van der Waals surface area contributed by atoms with Crippen molar-refractivity contribution < 1.29 is 28.8 Å². The number of alkyl carbamates (subject to hydrolysis) is 1. The number of aliphatic carboxylic acids is 1. The Morgan fingerprint density at radius 3 is 2.33 bits per heavy atom. The van der Waals surface area contributed by atoms with E-state index in [2.05, 4.69) is 27.9 Å². The lowest BCUT2D eigenvalue weighted by Gasteiger charge is -2.14. The van der Waals surface area contributed by atoms with Gasteiger partial charge in [-0.3, -0.25) is 4.79 Å². The van der Waals surface area contributed by atoms with Crippen molar-refractivity contribution in [1.82, 2.24) is 15.8 Å². The van der Waals surface area contributed by atoms with E-state index in [4.69, 9.17) is 14.4 Å². The molecular weight excluding hydrogens is 426 g/mol. The number of carboxylic acid groups (broad SMARTS) is 1. The number of carbonyl (C=O) groups is 3. The molecule has 2 amide bonds. The smallest absolute Gasteiger partial charge is 0.407 e. The van der Waals surface area contributed by atoms with Gasteiger partial charge in [-0.05, 0) is 28.7 Å². The SMILES string of the molecule is CC[C@@H](NC(=O)c1cc(CNC(=O)OCC2c3ccccc3-c3ccccc32)on1)C(=O)O. The summed E-state index contributed by atoms with van der Waals surface area (Å²) in [6.07, 6.45) is -0.397. The number of nitrogens with zero attached hydrogens (tertiary/aromatic N) is 1. The Kier molecular flexibility index (Phi) is 6.39. The monoisotopic (exact) mass is 449 g/mol. The average molecular weight is 449 g/mol. The summed E-state index contributed by atoms with van der Waals surface area (Å²) in [4.78, 5) is 35.4. The van der Waals surface area contributed by atoms with Crippen LogP contribution in [0.3, 0.4) is 0 Å². The first-order valence-electron chi connectivity index (χ1n) is 10.6. The highest BCUT2D eigenvalue weighted by atomic mass is 16.5. The Morgan fingerprint density at radius 2 is 1.73 bits per heavy atom. The van der Waals surface area contributed by atoms with E-state index >= 15 is 0 Å². The van der Waals surface area contributed by atoms with Gasteiger partial charge in [0.25, 0.3) is 5.91 Å². The number of aromatic nitrogens is 1. The molecule has 4 rings (SSSR count). The van der Waals surface area contributed by atoms with Gasteiger partial charge >= 0.3 is 12.1 Å². The molecule has 1 heterocycles. The van der Waals surface area contributed by atoms with Gasteiger partial charge in [0.05, 0.1) is 6.54 Å². The second-order valence-electron chi connectivity index (χ2n) is 7.63. The normalized spacial score (nSPS) is 13.0. The van der Waals surface area contributed by atoms with Crippen molar-refractivity contribution in [2.45, 2.75) is 31.8 Å². The van der Waals surface area contributed by atoms with Crippen LogP contribution < -0.4 is 10.6 Å². The summed E-state index contributed by atoms with van der Waals surface area (Å²) >= 11 is 0. The number of carbonyl (C=O) groups excluding carboxylic acids is 2. The van der Waals surface area contributed by atoms with Crippen LogP contribution in [-0.2, 0) is 16.1 Å². The number of hydrogen-bond acceptors (Lipinski definition) is 6. The maximum atomic E-state index is 12.3. The molecule has 9 heteroatoms. The van der Waals surface area contributed by atoms with E-state index in [0.29, 0.717) is 0 Å². The number of amides is 2. The maximum absolute atomic E-state index is 12.3. The van der Waals surface area contributed by atoms with Crippen LogP contribution in [0, 0.1) is 0 Å². The standard InChI is InChI=1S/C24H23N3O6/c1-2-20(23(29)30)26-22(28)21-11-14(33-27-21)12-25-24(31)32-13-19-17-9-5-3-7-15(17)16-8-4-6-10-18(16)19/h3-11,19-20H,2,12-13H2,1H3,(H,25,31)(H,26,28)(H,29,30)/t20-/m1/s1. The largest absolute Gasteiger partial charge is 0.480 e. The van der Waals surface area contributed by atoms with Gasteiger partial charge in [0.2, 0.25) is 0 Å². The van der Waals surface area contributed by atoms with Crippen molar-refractivity contribution in [3.63, 3.8) is 0 Å². The van der Waals surface area contributed by atoms with Crippen LogP contribution in [0.1, 0.15) is 46.6 Å². The summed E-state index contributed by atoms with van der Waals surface area (Å²) in [5, 5.41) is 17.6. The van der Waals surface area contributed by atoms with Crippen LogP contribution in [0.5, 0.6) is 0 Å². The molecule has 0 bridgehead atoms. The summed E-state index contributed by atoms with van der Waals surface area (Å²) < 4.78 is 10.5. The molecule has 2 aromatic carbocycles. The van der Waals surface area contributed by atoms with Crippen LogP contribution in [0.25, 0.3) is 11.1 Å². The number of rotatable bonds is 8. The third-order valence-electron chi connectivity index (χ3n) is 5.55. The first-order chi connectivity index (χ1) is 16.0. The molecule has 0 saturated heterocycles. The Bertz CT molecular complexity index is 1140. The van der Waals surface area contributed by atoms with Gasteiger partial charge in [-0.15, -0.1) is 0 Å². The summed E-state index contributed by atoms with van der Waals surface area (Å²) in [7, 11) is 0. The molecule has 9 nitrogen and oxygen atoms in total. The molecule has 0 spiro atoms. The Hall–Kier alpha value is -4.14. The molecular formula is C24H23N3O6. The molecule has 1 atom stereocenters. The van der Waals surface area contributed by atoms with Gasteiger partial charge in [0.1, 0.15) is 12.6 Å². The highest BCUT2D eigenvalue weighted by Gasteiger charge is 2.29. The molecule has 0 fully saturated rings. The zero-order valence-electron chi connectivity index (χ0n) is 17.9. The van der Waals surface area contributed by atoms with Gasteiger partial charge in [0, 0.05) is 12.0 Å². The zero-order valence-corrected chi connectivity index (χ0v) is 17.9. The maximum Gasteiger partial charge on any atom is 0.407 e. The van der Waals surface area contributed by atoms with E-state index in [1.807, 2.05) is 36.4 Å². The lowest BCUT2D eigenvalue weighted by Crippen LogP contribution is -2.40. The summed E-state index contributed by atoms with van der Waals surface area (Å²) in [5.74, 6) is -1.62. The Morgan fingerprint density at radius 1 is 1.09 bits per heavy atom. The molecule has 0 saturated carbocycles. The van der Waals surface area contributed by atoms with Gasteiger partial charge in [-0.25, -0.2) is 9.59 Å². The van der Waals surface area contributed by atoms with Crippen LogP contribution in [0.2, 0.25) is 0 Å². The Balaban J connectivity index is 1.31. The topological polar surface area (TPSA) is 131 Å². The number of benzene rings is 2. The first kappa shape index (κ1) is 22.1. The van der Waals surface area contributed by atoms with Gasteiger partial charge in [-0.2, -0.15) is 0 Å². The number of ether oxygens (including phenoxy) is 1. The predicted molar refractivity (Wildman–Crippen MR) is 118 cm³/mol. The third kappa shape index (κ3) is 4.72. The summed E-state index contributed by atoms with van der Waals surface area (Å²) in [5.41, 5.74) is 4.44. The van der Waals surface area contributed by atoms with E-state index in [1.54, 1.807) is 6.92 Å². The van der Waals surface area contributed by atoms with Crippen molar-refractivity contribution in [2.24, 2.45) is 0 Å². The van der Waals surface area contributed by atoms with E-state index < -0.39 is 24.0 Å². The van der Waals surface area contributed by atoms with E-state index in [-0.39, 0.29) is 36.9 Å². The highest BCUT2D eigenvalue weighted by molar-refractivity contribution is 5.94. The molecule has 1 aromatic heterocycles. The molecule has 3 N–H and O–H groups in total. The molecule has 0 unspecified atom stereocenters.